The summed E-state index contributed by atoms with van der Waals surface area (Å²) in [5, 5.41) is 4.18. The van der Waals surface area contributed by atoms with Crippen molar-refractivity contribution in [3.05, 3.63) is 69.5 Å². The lowest BCUT2D eigenvalue weighted by molar-refractivity contribution is 0.569. The summed E-state index contributed by atoms with van der Waals surface area (Å²) in [6.07, 6.45) is 0. The molecule has 0 fully saturated rings. The number of halogens is 3. The van der Waals surface area contributed by atoms with E-state index in [4.69, 9.17) is 23.2 Å². The lowest BCUT2D eigenvalue weighted by Gasteiger charge is -2.15. The Morgan fingerprint density at radius 2 is 1.89 bits per heavy atom. The molecule has 19 heavy (non-hydrogen) atoms. The molecule has 0 bridgehead atoms. The second-order valence-corrected chi connectivity index (χ2v) is 5.18. The van der Waals surface area contributed by atoms with E-state index in [2.05, 4.69) is 5.32 Å². The molecule has 0 aliphatic heterocycles. The van der Waals surface area contributed by atoms with Gasteiger partial charge in [0, 0.05) is 17.6 Å². The Morgan fingerprint density at radius 1 is 1.16 bits per heavy atom. The fraction of sp³-hybridized carbons (Fsp3) is 0.200. The molecule has 2 rings (SSSR count). The molecule has 1 N–H and O–H groups in total. The summed E-state index contributed by atoms with van der Waals surface area (Å²) in [6, 6.07) is 12.6. The van der Waals surface area contributed by atoms with Gasteiger partial charge in [0.1, 0.15) is 5.82 Å². The van der Waals surface area contributed by atoms with E-state index >= 15 is 0 Å². The summed E-state index contributed by atoms with van der Waals surface area (Å²) < 4.78 is 13.3. The molecule has 0 aliphatic carbocycles. The number of benzene rings is 2. The van der Waals surface area contributed by atoms with Crippen molar-refractivity contribution >= 4 is 23.2 Å². The molecule has 0 saturated heterocycles. The lowest BCUT2D eigenvalue weighted by Crippen LogP contribution is -2.18. The van der Waals surface area contributed by atoms with E-state index < -0.39 is 5.82 Å². The van der Waals surface area contributed by atoms with Crippen LogP contribution in [-0.4, -0.2) is 0 Å². The van der Waals surface area contributed by atoms with E-state index in [-0.39, 0.29) is 11.1 Å². The van der Waals surface area contributed by atoms with Gasteiger partial charge < -0.3 is 5.32 Å². The monoisotopic (exact) mass is 297 g/mol. The third-order valence-electron chi connectivity index (χ3n) is 2.98. The Balaban J connectivity index is 2.04. The van der Waals surface area contributed by atoms with Crippen molar-refractivity contribution < 1.29 is 4.39 Å². The van der Waals surface area contributed by atoms with Gasteiger partial charge in [0.25, 0.3) is 0 Å². The fourth-order valence-corrected chi connectivity index (χ4v) is 2.23. The smallest absolute Gasteiger partial charge is 0.142 e. The van der Waals surface area contributed by atoms with Crippen LogP contribution >= 0.6 is 23.2 Å². The second-order valence-electron chi connectivity index (χ2n) is 4.37. The molecule has 0 saturated carbocycles. The quantitative estimate of drug-likeness (QED) is 0.839. The van der Waals surface area contributed by atoms with E-state index in [0.717, 1.165) is 11.1 Å². The summed E-state index contributed by atoms with van der Waals surface area (Å²) in [7, 11) is 0. The number of nitrogens with one attached hydrogen (secondary N) is 1. The van der Waals surface area contributed by atoms with Crippen molar-refractivity contribution in [3.63, 3.8) is 0 Å². The Bertz CT molecular complexity index is 572. The van der Waals surface area contributed by atoms with Crippen LogP contribution in [0.1, 0.15) is 24.1 Å². The molecule has 2 aromatic carbocycles. The largest absolute Gasteiger partial charge is 0.306 e. The third kappa shape index (κ3) is 3.69. The third-order valence-corrected chi connectivity index (χ3v) is 3.64. The van der Waals surface area contributed by atoms with Crippen molar-refractivity contribution in [2.75, 3.05) is 0 Å². The predicted octanol–water partition coefficient (Wildman–Crippen LogP) is 4.98. The van der Waals surface area contributed by atoms with E-state index in [0.29, 0.717) is 11.6 Å². The Labute approximate surface area is 122 Å². The molecule has 0 radical (unpaired) electrons. The van der Waals surface area contributed by atoms with E-state index in [1.807, 2.05) is 37.3 Å². The summed E-state index contributed by atoms with van der Waals surface area (Å²) in [4.78, 5) is 0. The maximum Gasteiger partial charge on any atom is 0.142 e. The highest BCUT2D eigenvalue weighted by atomic mass is 35.5. The molecule has 4 heteroatoms. The molecule has 0 spiro atoms. The maximum absolute atomic E-state index is 13.3. The van der Waals surface area contributed by atoms with Crippen LogP contribution in [0, 0.1) is 5.82 Å². The van der Waals surface area contributed by atoms with Gasteiger partial charge in [-0.2, -0.15) is 0 Å². The van der Waals surface area contributed by atoms with Crippen LogP contribution in [0.3, 0.4) is 0 Å². The Morgan fingerprint density at radius 3 is 2.63 bits per heavy atom. The van der Waals surface area contributed by atoms with E-state index in [1.165, 1.54) is 6.07 Å². The van der Waals surface area contributed by atoms with Crippen LogP contribution in [-0.2, 0) is 6.54 Å². The van der Waals surface area contributed by atoms with Gasteiger partial charge in [0.05, 0.1) is 5.02 Å². The fourth-order valence-electron chi connectivity index (χ4n) is 1.84. The van der Waals surface area contributed by atoms with Crippen LogP contribution < -0.4 is 5.32 Å². The van der Waals surface area contributed by atoms with Gasteiger partial charge in [0.15, 0.2) is 0 Å². The number of rotatable bonds is 4. The standard InChI is InChI=1S/C15H14Cl2FN/c1-10(11-4-2-6-13(16)8-11)19-9-12-5-3-7-14(18)15(12)17/h2-8,10,19H,9H2,1H3/t10-/m1/s1. The van der Waals surface area contributed by atoms with Gasteiger partial charge in [-0.15, -0.1) is 0 Å². The van der Waals surface area contributed by atoms with Crippen LogP contribution in [0.25, 0.3) is 0 Å². The first-order chi connectivity index (χ1) is 9.08. The van der Waals surface area contributed by atoms with Gasteiger partial charge in [-0.3, -0.25) is 0 Å². The minimum Gasteiger partial charge on any atom is -0.306 e. The van der Waals surface area contributed by atoms with Crippen LogP contribution in [0.4, 0.5) is 4.39 Å². The van der Waals surface area contributed by atoms with Gasteiger partial charge in [-0.1, -0.05) is 47.5 Å². The van der Waals surface area contributed by atoms with E-state index in [1.54, 1.807) is 6.07 Å². The SMILES string of the molecule is C[C@@H](NCc1cccc(F)c1Cl)c1cccc(Cl)c1. The molecule has 0 amide bonds. The predicted molar refractivity (Wildman–Crippen MR) is 78.1 cm³/mol. The van der Waals surface area contributed by atoms with Gasteiger partial charge >= 0.3 is 0 Å². The minimum atomic E-state index is -0.392. The zero-order chi connectivity index (χ0) is 13.8. The van der Waals surface area contributed by atoms with Crippen LogP contribution in [0.5, 0.6) is 0 Å². The van der Waals surface area contributed by atoms with Crippen molar-refractivity contribution in [1.29, 1.82) is 0 Å². The zero-order valence-corrected chi connectivity index (χ0v) is 12.0. The van der Waals surface area contributed by atoms with Crippen molar-refractivity contribution in [1.82, 2.24) is 5.32 Å². The number of hydrogen-bond donors (Lipinski definition) is 1. The van der Waals surface area contributed by atoms with Gasteiger partial charge in [-0.05, 0) is 36.2 Å². The molecule has 2 aromatic rings. The first kappa shape index (κ1) is 14.3. The van der Waals surface area contributed by atoms with Gasteiger partial charge in [-0.25, -0.2) is 4.39 Å². The average molecular weight is 298 g/mol. The van der Waals surface area contributed by atoms with Crippen molar-refractivity contribution in [2.24, 2.45) is 0 Å². The summed E-state index contributed by atoms with van der Waals surface area (Å²) in [5.41, 5.74) is 1.83. The molecule has 0 aromatic heterocycles. The van der Waals surface area contributed by atoms with E-state index in [9.17, 15) is 4.39 Å². The normalized spacial score (nSPS) is 12.4. The summed E-state index contributed by atoms with van der Waals surface area (Å²) in [6.45, 7) is 2.53. The highest BCUT2D eigenvalue weighted by molar-refractivity contribution is 6.31. The van der Waals surface area contributed by atoms with Crippen molar-refractivity contribution in [3.8, 4) is 0 Å². The molecular formula is C15H14Cl2FN. The number of hydrogen-bond acceptors (Lipinski definition) is 1. The molecule has 0 heterocycles. The summed E-state index contributed by atoms with van der Waals surface area (Å²) in [5.74, 6) is -0.392. The van der Waals surface area contributed by atoms with Crippen LogP contribution in [0.2, 0.25) is 10.0 Å². The summed E-state index contributed by atoms with van der Waals surface area (Å²) >= 11 is 11.9. The lowest BCUT2D eigenvalue weighted by atomic mass is 10.1. The highest BCUT2D eigenvalue weighted by Gasteiger charge is 2.09. The molecule has 0 unspecified atom stereocenters. The molecule has 100 valence electrons. The molecule has 1 atom stereocenters. The van der Waals surface area contributed by atoms with Crippen LogP contribution in [0.15, 0.2) is 42.5 Å². The average Bonchev–Trinajstić information content (AvgIpc) is 2.40. The minimum absolute atomic E-state index is 0.109. The molecule has 0 aliphatic rings. The Kier molecular flexibility index (Phi) is 4.81. The zero-order valence-electron chi connectivity index (χ0n) is 10.5. The van der Waals surface area contributed by atoms with Crippen molar-refractivity contribution in [2.45, 2.75) is 19.5 Å². The molecular weight excluding hydrogens is 284 g/mol. The maximum atomic E-state index is 13.3. The highest BCUT2D eigenvalue weighted by Crippen LogP contribution is 2.21. The second kappa shape index (κ2) is 6.38. The van der Waals surface area contributed by atoms with Gasteiger partial charge in [0.2, 0.25) is 0 Å². The topological polar surface area (TPSA) is 12.0 Å². The first-order valence-electron chi connectivity index (χ1n) is 5.99. The Hall–Kier alpha value is -1.09. The first-order valence-corrected chi connectivity index (χ1v) is 6.75. The molecule has 1 nitrogen and oxygen atoms in total.